The van der Waals surface area contributed by atoms with E-state index in [2.05, 4.69) is 37.8 Å². The van der Waals surface area contributed by atoms with E-state index < -0.39 is 0 Å². The maximum atomic E-state index is 5.39. The lowest BCUT2D eigenvalue weighted by Crippen LogP contribution is -2.44. The molecule has 0 saturated carbocycles. The molecule has 2 N–H and O–H groups in total. The second-order valence-electron chi connectivity index (χ2n) is 7.99. The van der Waals surface area contributed by atoms with Crippen molar-refractivity contribution in [1.29, 1.82) is 0 Å². The molecule has 9 heteroatoms. The monoisotopic (exact) mass is 557 g/mol. The van der Waals surface area contributed by atoms with E-state index in [1.807, 2.05) is 27.0 Å². The summed E-state index contributed by atoms with van der Waals surface area (Å²) in [6.07, 6.45) is 3.03. The van der Waals surface area contributed by atoms with Crippen molar-refractivity contribution in [2.75, 3.05) is 40.9 Å². The molecule has 0 radical (unpaired) electrons. The Labute approximate surface area is 208 Å². The molecule has 178 valence electrons. The van der Waals surface area contributed by atoms with E-state index in [-0.39, 0.29) is 24.0 Å². The van der Waals surface area contributed by atoms with Gasteiger partial charge < -0.3 is 24.6 Å². The van der Waals surface area contributed by atoms with Crippen LogP contribution in [0.25, 0.3) is 0 Å². The fourth-order valence-electron chi connectivity index (χ4n) is 4.03. The van der Waals surface area contributed by atoms with Crippen molar-refractivity contribution in [3.8, 4) is 11.5 Å². The van der Waals surface area contributed by atoms with Gasteiger partial charge in [-0.3, -0.25) is 9.89 Å². The lowest BCUT2D eigenvalue weighted by Gasteiger charge is -2.19. The molecule has 1 atom stereocenters. The van der Waals surface area contributed by atoms with E-state index in [0.29, 0.717) is 6.04 Å². The molecule has 0 spiro atoms. The fraction of sp³-hybridized carbons (Fsp3) is 0.565. The quantitative estimate of drug-likeness (QED) is 0.212. The summed E-state index contributed by atoms with van der Waals surface area (Å²) in [5.41, 5.74) is 3.39. The number of halogens is 1. The predicted molar refractivity (Wildman–Crippen MR) is 137 cm³/mol. The Balaban J connectivity index is 0.00000363. The molecule has 8 nitrogen and oxygen atoms in total. The summed E-state index contributed by atoms with van der Waals surface area (Å²) >= 11 is 0. The van der Waals surface area contributed by atoms with Gasteiger partial charge in [0.05, 0.1) is 19.9 Å². The van der Waals surface area contributed by atoms with Crippen LogP contribution in [0, 0.1) is 13.8 Å². The molecule has 1 unspecified atom stereocenters. The zero-order chi connectivity index (χ0) is 22.2. The first-order valence-electron chi connectivity index (χ1n) is 10.9. The second-order valence-corrected chi connectivity index (χ2v) is 7.99. The smallest absolute Gasteiger partial charge is 0.191 e. The SMILES string of the molecule is CN=C(NCCCc1c(C)noc1C)NC1CCN(Cc2cc(OC)cc(OC)c2)C1.I. The number of likely N-dealkylation sites (tertiary alicyclic amines) is 1. The lowest BCUT2D eigenvalue weighted by molar-refractivity contribution is 0.321. The number of aliphatic imine (C=N–C) groups is 1. The molecular formula is C23H36IN5O3. The predicted octanol–water partition coefficient (Wildman–Crippen LogP) is 3.30. The van der Waals surface area contributed by atoms with E-state index in [4.69, 9.17) is 14.0 Å². The summed E-state index contributed by atoms with van der Waals surface area (Å²) in [4.78, 5) is 6.83. The van der Waals surface area contributed by atoms with E-state index in [1.165, 1.54) is 11.1 Å². The summed E-state index contributed by atoms with van der Waals surface area (Å²) in [6.45, 7) is 7.70. The average Bonchev–Trinajstić information content (AvgIpc) is 3.35. The van der Waals surface area contributed by atoms with Gasteiger partial charge in [0, 0.05) is 50.9 Å². The highest BCUT2D eigenvalue weighted by atomic mass is 127. The Morgan fingerprint density at radius 3 is 2.53 bits per heavy atom. The van der Waals surface area contributed by atoms with Crippen LogP contribution in [-0.2, 0) is 13.0 Å². The average molecular weight is 557 g/mol. The number of aromatic nitrogens is 1. The lowest BCUT2D eigenvalue weighted by atomic mass is 10.1. The molecule has 0 amide bonds. The van der Waals surface area contributed by atoms with Gasteiger partial charge >= 0.3 is 0 Å². The van der Waals surface area contributed by atoms with Crippen molar-refractivity contribution < 1.29 is 14.0 Å². The Morgan fingerprint density at radius 2 is 1.94 bits per heavy atom. The van der Waals surface area contributed by atoms with Gasteiger partial charge in [0.2, 0.25) is 0 Å². The summed E-state index contributed by atoms with van der Waals surface area (Å²) in [6, 6.07) is 6.42. The molecule has 0 bridgehead atoms. The third-order valence-corrected chi connectivity index (χ3v) is 5.73. The summed E-state index contributed by atoms with van der Waals surface area (Å²) in [5, 5.41) is 11.0. The van der Waals surface area contributed by atoms with E-state index >= 15 is 0 Å². The van der Waals surface area contributed by atoms with Crippen molar-refractivity contribution in [1.82, 2.24) is 20.7 Å². The van der Waals surface area contributed by atoms with Crippen LogP contribution in [0.5, 0.6) is 11.5 Å². The van der Waals surface area contributed by atoms with Crippen LogP contribution in [0.2, 0.25) is 0 Å². The number of methoxy groups -OCH3 is 2. The third-order valence-electron chi connectivity index (χ3n) is 5.73. The third kappa shape index (κ3) is 7.26. The minimum absolute atomic E-state index is 0. The van der Waals surface area contributed by atoms with Gasteiger partial charge in [-0.05, 0) is 50.8 Å². The Kier molecular flexibility index (Phi) is 10.6. The molecule has 1 fully saturated rings. The van der Waals surface area contributed by atoms with Crippen LogP contribution in [0.1, 0.15) is 35.4 Å². The molecule has 32 heavy (non-hydrogen) atoms. The largest absolute Gasteiger partial charge is 0.497 e. The van der Waals surface area contributed by atoms with Gasteiger partial charge in [-0.15, -0.1) is 24.0 Å². The van der Waals surface area contributed by atoms with Gasteiger partial charge in [0.25, 0.3) is 0 Å². The molecule has 1 aromatic heterocycles. The number of hydrogen-bond donors (Lipinski definition) is 2. The number of benzene rings is 1. The minimum Gasteiger partial charge on any atom is -0.497 e. The zero-order valence-electron chi connectivity index (χ0n) is 19.7. The van der Waals surface area contributed by atoms with Gasteiger partial charge in [-0.2, -0.15) is 0 Å². The van der Waals surface area contributed by atoms with Crippen LogP contribution in [-0.4, -0.2) is 63.0 Å². The molecular weight excluding hydrogens is 521 g/mol. The van der Waals surface area contributed by atoms with E-state index in [0.717, 1.165) is 74.4 Å². The molecule has 3 rings (SSSR count). The zero-order valence-corrected chi connectivity index (χ0v) is 22.1. The first-order chi connectivity index (χ1) is 15.0. The maximum Gasteiger partial charge on any atom is 0.191 e. The standard InChI is InChI=1S/C23H35N5O3.HI/c1-16-22(17(2)31-27-16)7-6-9-25-23(24-3)26-19-8-10-28(15-19)14-18-11-20(29-4)13-21(12-18)30-5;/h11-13,19H,6-10,14-15H2,1-5H3,(H2,24,25,26);1H. The maximum absolute atomic E-state index is 5.39. The highest BCUT2D eigenvalue weighted by Crippen LogP contribution is 2.24. The van der Waals surface area contributed by atoms with Crippen LogP contribution in [0.3, 0.4) is 0 Å². The van der Waals surface area contributed by atoms with Crippen molar-refractivity contribution in [3.63, 3.8) is 0 Å². The fourth-order valence-corrected chi connectivity index (χ4v) is 4.03. The number of guanidine groups is 1. The highest BCUT2D eigenvalue weighted by molar-refractivity contribution is 14.0. The summed E-state index contributed by atoms with van der Waals surface area (Å²) in [5.74, 6) is 3.42. The van der Waals surface area contributed by atoms with Crippen LogP contribution < -0.4 is 20.1 Å². The highest BCUT2D eigenvalue weighted by Gasteiger charge is 2.23. The molecule has 1 aliphatic heterocycles. The van der Waals surface area contributed by atoms with Crippen LogP contribution in [0.15, 0.2) is 27.7 Å². The number of hydrogen-bond acceptors (Lipinski definition) is 6. The molecule has 2 heterocycles. The van der Waals surface area contributed by atoms with Gasteiger partial charge in [-0.1, -0.05) is 5.16 Å². The Hall–Kier alpha value is -2.01. The Morgan fingerprint density at radius 1 is 1.22 bits per heavy atom. The van der Waals surface area contributed by atoms with Crippen molar-refractivity contribution >= 4 is 29.9 Å². The van der Waals surface area contributed by atoms with Crippen molar-refractivity contribution in [2.45, 2.75) is 45.7 Å². The topological polar surface area (TPSA) is 84.2 Å². The summed E-state index contributed by atoms with van der Waals surface area (Å²) < 4.78 is 16.0. The van der Waals surface area contributed by atoms with Crippen LogP contribution >= 0.6 is 24.0 Å². The van der Waals surface area contributed by atoms with Gasteiger partial charge in [0.1, 0.15) is 17.3 Å². The first-order valence-corrected chi connectivity index (χ1v) is 10.9. The van der Waals surface area contributed by atoms with Crippen LogP contribution in [0.4, 0.5) is 0 Å². The second kappa shape index (κ2) is 12.9. The molecule has 1 aromatic carbocycles. The van der Waals surface area contributed by atoms with E-state index in [9.17, 15) is 0 Å². The number of ether oxygens (including phenoxy) is 2. The normalized spacial score (nSPS) is 16.5. The van der Waals surface area contributed by atoms with Crippen molar-refractivity contribution in [3.05, 3.63) is 40.8 Å². The Bertz CT molecular complexity index is 845. The molecule has 1 aliphatic rings. The summed E-state index contributed by atoms with van der Waals surface area (Å²) in [7, 11) is 5.18. The number of nitrogens with one attached hydrogen (secondary N) is 2. The van der Waals surface area contributed by atoms with E-state index in [1.54, 1.807) is 14.2 Å². The van der Waals surface area contributed by atoms with Gasteiger partial charge in [0.15, 0.2) is 5.96 Å². The number of rotatable bonds is 9. The molecule has 1 saturated heterocycles. The minimum atomic E-state index is 0. The van der Waals surface area contributed by atoms with Gasteiger partial charge in [-0.25, -0.2) is 0 Å². The number of aryl methyl sites for hydroxylation is 2. The number of nitrogens with zero attached hydrogens (tertiary/aromatic N) is 3. The van der Waals surface area contributed by atoms with Crippen molar-refractivity contribution in [2.24, 2.45) is 4.99 Å². The molecule has 0 aliphatic carbocycles. The first kappa shape index (κ1) is 26.2. The molecule has 2 aromatic rings.